The van der Waals surface area contributed by atoms with E-state index in [2.05, 4.69) is 78.1 Å². The van der Waals surface area contributed by atoms with Crippen molar-refractivity contribution in [2.24, 2.45) is 0 Å². The number of rotatable bonds is 9. The van der Waals surface area contributed by atoms with Gasteiger partial charge < -0.3 is 10.2 Å². The minimum atomic E-state index is 0.383. The molecule has 0 aliphatic heterocycles. The summed E-state index contributed by atoms with van der Waals surface area (Å²) in [6.07, 6.45) is 2.49. The summed E-state index contributed by atoms with van der Waals surface area (Å²) in [4.78, 5) is 2.49. The SMILES string of the molecule is CCN(CC)CCCC(C)NC(C)c1ccccc1Br. The van der Waals surface area contributed by atoms with E-state index in [1.165, 1.54) is 29.4 Å². The Labute approximate surface area is 133 Å². The zero-order chi connectivity index (χ0) is 15.0. The fraction of sp³-hybridized carbons (Fsp3) is 0.647. The molecule has 1 aromatic rings. The lowest BCUT2D eigenvalue weighted by Crippen LogP contribution is -2.31. The predicted molar refractivity (Wildman–Crippen MR) is 92.2 cm³/mol. The van der Waals surface area contributed by atoms with E-state index in [0.29, 0.717) is 12.1 Å². The Kier molecular flexibility index (Phi) is 8.43. The molecule has 3 heteroatoms. The van der Waals surface area contributed by atoms with Gasteiger partial charge >= 0.3 is 0 Å². The maximum atomic E-state index is 3.70. The molecule has 0 radical (unpaired) electrons. The van der Waals surface area contributed by atoms with Crippen molar-refractivity contribution in [3.8, 4) is 0 Å². The highest BCUT2D eigenvalue weighted by Crippen LogP contribution is 2.23. The lowest BCUT2D eigenvalue weighted by Gasteiger charge is -2.23. The first-order chi connectivity index (χ1) is 9.58. The van der Waals surface area contributed by atoms with Crippen LogP contribution in [0.1, 0.15) is 52.1 Å². The van der Waals surface area contributed by atoms with E-state index in [4.69, 9.17) is 0 Å². The first kappa shape index (κ1) is 17.7. The van der Waals surface area contributed by atoms with Crippen LogP contribution in [-0.2, 0) is 0 Å². The van der Waals surface area contributed by atoms with E-state index in [-0.39, 0.29) is 0 Å². The van der Waals surface area contributed by atoms with Gasteiger partial charge in [-0.05, 0) is 58.0 Å². The van der Waals surface area contributed by atoms with Crippen LogP contribution in [0.5, 0.6) is 0 Å². The molecule has 2 unspecified atom stereocenters. The van der Waals surface area contributed by atoms with Crippen LogP contribution in [0.25, 0.3) is 0 Å². The summed E-state index contributed by atoms with van der Waals surface area (Å²) in [6.45, 7) is 12.5. The Morgan fingerprint density at radius 2 is 1.80 bits per heavy atom. The van der Waals surface area contributed by atoms with Gasteiger partial charge in [-0.25, -0.2) is 0 Å². The molecule has 0 aromatic heterocycles. The maximum absolute atomic E-state index is 3.70. The van der Waals surface area contributed by atoms with Gasteiger partial charge in [0, 0.05) is 16.6 Å². The molecular weight excluding hydrogens is 312 g/mol. The zero-order valence-electron chi connectivity index (χ0n) is 13.3. The molecule has 20 heavy (non-hydrogen) atoms. The Bertz CT molecular complexity index is 377. The molecule has 1 rings (SSSR count). The average molecular weight is 341 g/mol. The first-order valence-electron chi connectivity index (χ1n) is 7.81. The van der Waals surface area contributed by atoms with Crippen molar-refractivity contribution < 1.29 is 0 Å². The van der Waals surface area contributed by atoms with Crippen LogP contribution in [0, 0.1) is 0 Å². The van der Waals surface area contributed by atoms with Crippen LogP contribution in [0.3, 0.4) is 0 Å². The van der Waals surface area contributed by atoms with Crippen molar-refractivity contribution in [2.75, 3.05) is 19.6 Å². The van der Waals surface area contributed by atoms with Gasteiger partial charge in [-0.2, -0.15) is 0 Å². The van der Waals surface area contributed by atoms with Crippen molar-refractivity contribution in [3.05, 3.63) is 34.3 Å². The number of hydrogen-bond acceptors (Lipinski definition) is 2. The second kappa shape index (κ2) is 9.54. The molecule has 2 nitrogen and oxygen atoms in total. The lowest BCUT2D eigenvalue weighted by atomic mass is 10.1. The summed E-state index contributed by atoms with van der Waals surface area (Å²) in [5.41, 5.74) is 1.34. The van der Waals surface area contributed by atoms with E-state index in [9.17, 15) is 0 Å². The van der Waals surface area contributed by atoms with Crippen LogP contribution >= 0.6 is 15.9 Å². The highest BCUT2D eigenvalue weighted by molar-refractivity contribution is 9.10. The minimum Gasteiger partial charge on any atom is -0.308 e. The van der Waals surface area contributed by atoms with Gasteiger partial charge in [0.2, 0.25) is 0 Å². The molecule has 0 saturated heterocycles. The molecule has 1 N–H and O–H groups in total. The molecule has 1 aromatic carbocycles. The smallest absolute Gasteiger partial charge is 0.0305 e. The Morgan fingerprint density at radius 1 is 1.15 bits per heavy atom. The van der Waals surface area contributed by atoms with Crippen molar-refractivity contribution in [1.82, 2.24) is 10.2 Å². The number of halogens is 1. The fourth-order valence-electron chi connectivity index (χ4n) is 2.59. The highest BCUT2D eigenvalue weighted by Gasteiger charge is 2.11. The van der Waals surface area contributed by atoms with Crippen LogP contribution in [0.2, 0.25) is 0 Å². The first-order valence-corrected chi connectivity index (χ1v) is 8.60. The van der Waals surface area contributed by atoms with Crippen molar-refractivity contribution in [2.45, 2.75) is 52.6 Å². The second-order valence-electron chi connectivity index (χ2n) is 5.48. The normalized spacial score (nSPS) is 14.5. The minimum absolute atomic E-state index is 0.383. The van der Waals surface area contributed by atoms with Crippen LogP contribution < -0.4 is 5.32 Å². The van der Waals surface area contributed by atoms with Gasteiger partial charge in [0.05, 0.1) is 0 Å². The maximum Gasteiger partial charge on any atom is 0.0305 e. The molecule has 0 fully saturated rings. The van der Waals surface area contributed by atoms with E-state index < -0.39 is 0 Å². The third-order valence-electron chi connectivity index (χ3n) is 3.91. The summed E-state index contributed by atoms with van der Waals surface area (Å²) >= 11 is 3.63. The Hall–Kier alpha value is -0.380. The topological polar surface area (TPSA) is 15.3 Å². The monoisotopic (exact) mass is 340 g/mol. The van der Waals surface area contributed by atoms with E-state index >= 15 is 0 Å². The molecular formula is C17H29BrN2. The largest absolute Gasteiger partial charge is 0.308 e. The summed E-state index contributed by atoms with van der Waals surface area (Å²) in [6, 6.07) is 9.39. The molecule has 0 saturated carbocycles. The molecule has 0 bridgehead atoms. The van der Waals surface area contributed by atoms with Crippen LogP contribution in [0.15, 0.2) is 28.7 Å². The highest BCUT2D eigenvalue weighted by atomic mass is 79.9. The van der Waals surface area contributed by atoms with Gasteiger partial charge in [-0.15, -0.1) is 0 Å². The van der Waals surface area contributed by atoms with Gasteiger partial charge in [-0.1, -0.05) is 48.0 Å². The van der Waals surface area contributed by atoms with Gasteiger partial charge in [0.25, 0.3) is 0 Å². The van der Waals surface area contributed by atoms with Crippen molar-refractivity contribution >= 4 is 15.9 Å². The quantitative estimate of drug-likeness (QED) is 0.706. The van der Waals surface area contributed by atoms with E-state index in [0.717, 1.165) is 13.1 Å². The van der Waals surface area contributed by atoms with Crippen LogP contribution in [0.4, 0.5) is 0 Å². The average Bonchev–Trinajstić information content (AvgIpc) is 2.44. The lowest BCUT2D eigenvalue weighted by molar-refractivity contribution is 0.288. The number of benzene rings is 1. The molecule has 0 aliphatic rings. The third-order valence-corrected chi connectivity index (χ3v) is 4.63. The number of hydrogen-bond donors (Lipinski definition) is 1. The molecule has 114 valence electrons. The second-order valence-corrected chi connectivity index (χ2v) is 6.33. The fourth-order valence-corrected chi connectivity index (χ4v) is 3.22. The van der Waals surface area contributed by atoms with Crippen molar-refractivity contribution in [3.63, 3.8) is 0 Å². The van der Waals surface area contributed by atoms with Crippen LogP contribution in [-0.4, -0.2) is 30.6 Å². The standard InChI is InChI=1S/C17H29BrN2/c1-5-20(6-2)13-9-10-14(3)19-15(4)16-11-7-8-12-17(16)18/h7-8,11-12,14-15,19H,5-6,9-10,13H2,1-4H3. The number of nitrogens with zero attached hydrogens (tertiary/aromatic N) is 1. The van der Waals surface area contributed by atoms with E-state index in [1.807, 2.05) is 0 Å². The summed E-state index contributed by atoms with van der Waals surface area (Å²) in [5.74, 6) is 0. The molecule has 0 heterocycles. The van der Waals surface area contributed by atoms with Crippen molar-refractivity contribution in [1.29, 1.82) is 0 Å². The molecule has 2 atom stereocenters. The number of nitrogens with one attached hydrogen (secondary N) is 1. The molecule has 0 aliphatic carbocycles. The third kappa shape index (κ3) is 5.94. The van der Waals surface area contributed by atoms with Gasteiger partial charge in [0.15, 0.2) is 0 Å². The predicted octanol–water partition coefficient (Wildman–Crippen LogP) is 4.61. The Morgan fingerprint density at radius 3 is 2.40 bits per heavy atom. The molecule has 0 amide bonds. The van der Waals surface area contributed by atoms with Gasteiger partial charge in [-0.3, -0.25) is 0 Å². The summed E-state index contributed by atoms with van der Waals surface area (Å²) < 4.78 is 1.19. The van der Waals surface area contributed by atoms with E-state index in [1.54, 1.807) is 0 Å². The zero-order valence-corrected chi connectivity index (χ0v) is 14.9. The van der Waals surface area contributed by atoms with Gasteiger partial charge in [0.1, 0.15) is 0 Å². The molecule has 0 spiro atoms. The summed E-state index contributed by atoms with van der Waals surface area (Å²) in [5, 5.41) is 3.70. The summed E-state index contributed by atoms with van der Waals surface area (Å²) in [7, 11) is 0. The Balaban J connectivity index is 2.35.